The average Bonchev–Trinajstić information content (AvgIpc) is 2.57. The Morgan fingerprint density at radius 2 is 1.43 bits per heavy atom. The van der Waals surface area contributed by atoms with Gasteiger partial charge >= 0.3 is 0 Å². The smallest absolute Gasteiger partial charge is 0.0434 e. The Hall–Kier alpha value is -1.60. The summed E-state index contributed by atoms with van der Waals surface area (Å²) in [5.74, 6) is 0. The molecule has 1 N–H and O–H groups in total. The summed E-state index contributed by atoms with van der Waals surface area (Å²) in [5, 5.41) is 3.84. The topological polar surface area (TPSA) is 12.0 Å². The van der Waals surface area contributed by atoms with Crippen molar-refractivity contribution in [2.75, 3.05) is 0 Å². The molecule has 0 saturated heterocycles. The first-order chi connectivity index (χ1) is 10.3. The van der Waals surface area contributed by atoms with E-state index in [1.807, 2.05) is 0 Å². The fourth-order valence-corrected chi connectivity index (χ4v) is 3.14. The molecule has 0 saturated carbocycles. The van der Waals surface area contributed by atoms with Gasteiger partial charge in [0.25, 0.3) is 0 Å². The summed E-state index contributed by atoms with van der Waals surface area (Å²) in [6, 6.07) is 19.5. The Morgan fingerprint density at radius 3 is 2.05 bits per heavy atom. The third-order valence-electron chi connectivity index (χ3n) is 4.59. The summed E-state index contributed by atoms with van der Waals surface area (Å²) in [4.78, 5) is 0. The zero-order chi connectivity index (χ0) is 15.1. The van der Waals surface area contributed by atoms with Crippen molar-refractivity contribution >= 4 is 0 Å². The molecule has 0 amide bonds. The highest BCUT2D eigenvalue weighted by molar-refractivity contribution is 5.34. The molecule has 0 fully saturated rings. The van der Waals surface area contributed by atoms with Gasteiger partial charge in [-0.15, -0.1) is 0 Å². The maximum absolute atomic E-state index is 3.84. The van der Waals surface area contributed by atoms with Gasteiger partial charge in [0.15, 0.2) is 0 Å². The van der Waals surface area contributed by atoms with Crippen molar-refractivity contribution in [3.63, 3.8) is 0 Å². The number of rotatable bonds is 7. The second-order valence-corrected chi connectivity index (χ2v) is 5.64. The van der Waals surface area contributed by atoms with Crippen LogP contribution in [0.2, 0.25) is 0 Å². The Kier molecular flexibility index (Phi) is 5.58. The molecular weight excluding hydrogens is 254 g/mol. The summed E-state index contributed by atoms with van der Waals surface area (Å²) >= 11 is 0. The molecule has 1 heteroatoms. The number of hydrogen-bond donors (Lipinski definition) is 1. The predicted molar refractivity (Wildman–Crippen MR) is 91.4 cm³/mol. The molecule has 2 rings (SSSR count). The van der Waals surface area contributed by atoms with Gasteiger partial charge < -0.3 is 5.32 Å². The molecule has 0 aliphatic carbocycles. The van der Waals surface area contributed by atoms with Gasteiger partial charge in [0, 0.05) is 12.1 Å². The van der Waals surface area contributed by atoms with E-state index in [0.29, 0.717) is 0 Å². The minimum atomic E-state index is 0.0719. The van der Waals surface area contributed by atoms with Crippen molar-refractivity contribution in [1.82, 2.24) is 5.32 Å². The number of nitrogens with one attached hydrogen (secondary N) is 1. The van der Waals surface area contributed by atoms with Crippen molar-refractivity contribution in [1.29, 1.82) is 0 Å². The number of hydrogen-bond acceptors (Lipinski definition) is 1. The molecule has 0 spiro atoms. The van der Waals surface area contributed by atoms with Gasteiger partial charge in [-0.1, -0.05) is 75.4 Å². The lowest BCUT2D eigenvalue weighted by Crippen LogP contribution is -2.41. The van der Waals surface area contributed by atoms with Crippen LogP contribution in [0.4, 0.5) is 0 Å². The molecule has 112 valence electrons. The van der Waals surface area contributed by atoms with E-state index in [9.17, 15) is 0 Å². The molecule has 21 heavy (non-hydrogen) atoms. The standard InChI is InChI=1S/C20H27N/c1-4-18-14-10-11-15-19(18)20(5-2,6-3)21-16-17-12-8-7-9-13-17/h7-15,21H,4-6,16H2,1-3H3. The molecule has 2 aromatic rings. The van der Waals surface area contributed by atoms with Gasteiger partial charge in [0.1, 0.15) is 0 Å². The largest absolute Gasteiger partial charge is 0.303 e. The van der Waals surface area contributed by atoms with Crippen LogP contribution in [0.25, 0.3) is 0 Å². The monoisotopic (exact) mass is 281 g/mol. The minimum Gasteiger partial charge on any atom is -0.303 e. The molecule has 2 aromatic carbocycles. The van der Waals surface area contributed by atoms with Gasteiger partial charge in [0.2, 0.25) is 0 Å². The molecule has 0 aliphatic heterocycles. The maximum Gasteiger partial charge on any atom is 0.0434 e. The minimum absolute atomic E-state index is 0.0719. The van der Waals surface area contributed by atoms with Gasteiger partial charge in [-0.2, -0.15) is 0 Å². The summed E-state index contributed by atoms with van der Waals surface area (Å²) in [7, 11) is 0. The SMILES string of the molecule is CCc1ccccc1C(CC)(CC)NCc1ccccc1. The summed E-state index contributed by atoms with van der Waals surface area (Å²) < 4.78 is 0. The third-order valence-corrected chi connectivity index (χ3v) is 4.59. The van der Waals surface area contributed by atoms with Crippen molar-refractivity contribution in [2.24, 2.45) is 0 Å². The Morgan fingerprint density at radius 1 is 0.810 bits per heavy atom. The van der Waals surface area contributed by atoms with E-state index in [0.717, 1.165) is 25.8 Å². The van der Waals surface area contributed by atoms with Crippen LogP contribution in [-0.4, -0.2) is 0 Å². The van der Waals surface area contributed by atoms with Crippen LogP contribution in [0.3, 0.4) is 0 Å². The predicted octanol–water partition coefficient (Wildman–Crippen LogP) is 5.05. The van der Waals surface area contributed by atoms with Gasteiger partial charge in [-0.25, -0.2) is 0 Å². The van der Waals surface area contributed by atoms with Crippen LogP contribution in [0.5, 0.6) is 0 Å². The van der Waals surface area contributed by atoms with Gasteiger partial charge in [0.05, 0.1) is 0 Å². The molecule has 0 aromatic heterocycles. The molecule has 1 nitrogen and oxygen atoms in total. The Labute approximate surface area is 129 Å². The molecule has 0 unspecified atom stereocenters. The van der Waals surface area contributed by atoms with Crippen LogP contribution in [-0.2, 0) is 18.5 Å². The number of benzene rings is 2. The van der Waals surface area contributed by atoms with Crippen LogP contribution in [0.15, 0.2) is 54.6 Å². The van der Waals surface area contributed by atoms with Gasteiger partial charge in [-0.05, 0) is 36.0 Å². The lowest BCUT2D eigenvalue weighted by atomic mass is 9.81. The molecular formula is C20H27N. The van der Waals surface area contributed by atoms with Crippen LogP contribution in [0, 0.1) is 0 Å². The molecule has 0 radical (unpaired) electrons. The van der Waals surface area contributed by atoms with E-state index in [1.54, 1.807) is 0 Å². The molecule has 0 bridgehead atoms. The van der Waals surface area contributed by atoms with Crippen molar-refractivity contribution in [2.45, 2.75) is 52.1 Å². The average molecular weight is 281 g/mol. The summed E-state index contributed by atoms with van der Waals surface area (Å²) in [6.45, 7) is 7.73. The lowest BCUT2D eigenvalue weighted by Gasteiger charge is -2.35. The maximum atomic E-state index is 3.84. The number of aryl methyl sites for hydroxylation is 1. The first-order valence-electron chi connectivity index (χ1n) is 8.13. The van der Waals surface area contributed by atoms with Crippen molar-refractivity contribution < 1.29 is 0 Å². The second kappa shape index (κ2) is 7.42. The van der Waals surface area contributed by atoms with Crippen molar-refractivity contribution in [3.8, 4) is 0 Å². The highest BCUT2D eigenvalue weighted by atomic mass is 15.0. The molecule has 0 aliphatic rings. The third kappa shape index (κ3) is 3.54. The molecule has 0 atom stereocenters. The van der Waals surface area contributed by atoms with E-state index >= 15 is 0 Å². The van der Waals surface area contributed by atoms with Gasteiger partial charge in [-0.3, -0.25) is 0 Å². The van der Waals surface area contributed by atoms with E-state index in [2.05, 4.69) is 80.7 Å². The van der Waals surface area contributed by atoms with Crippen LogP contribution >= 0.6 is 0 Å². The van der Waals surface area contributed by atoms with Crippen molar-refractivity contribution in [3.05, 3.63) is 71.3 Å². The lowest BCUT2D eigenvalue weighted by molar-refractivity contribution is 0.303. The first-order valence-corrected chi connectivity index (χ1v) is 8.13. The summed E-state index contributed by atoms with van der Waals surface area (Å²) in [5.41, 5.74) is 4.34. The summed E-state index contributed by atoms with van der Waals surface area (Å²) in [6.07, 6.45) is 3.30. The zero-order valence-electron chi connectivity index (χ0n) is 13.5. The van der Waals surface area contributed by atoms with E-state index in [-0.39, 0.29) is 5.54 Å². The normalized spacial score (nSPS) is 11.6. The molecule has 0 heterocycles. The fraction of sp³-hybridized carbons (Fsp3) is 0.400. The Bertz CT molecular complexity index is 541. The van der Waals surface area contributed by atoms with Crippen LogP contribution < -0.4 is 5.32 Å². The fourth-order valence-electron chi connectivity index (χ4n) is 3.14. The van der Waals surface area contributed by atoms with Crippen LogP contribution in [0.1, 0.15) is 50.3 Å². The second-order valence-electron chi connectivity index (χ2n) is 5.64. The Balaban J connectivity index is 2.27. The van der Waals surface area contributed by atoms with E-state index in [4.69, 9.17) is 0 Å². The highest BCUT2D eigenvalue weighted by Gasteiger charge is 2.29. The first kappa shape index (κ1) is 15.8. The van der Waals surface area contributed by atoms with E-state index in [1.165, 1.54) is 16.7 Å². The quantitative estimate of drug-likeness (QED) is 0.748. The zero-order valence-corrected chi connectivity index (χ0v) is 13.5. The highest BCUT2D eigenvalue weighted by Crippen LogP contribution is 2.32. The van der Waals surface area contributed by atoms with E-state index < -0.39 is 0 Å².